The zero-order chi connectivity index (χ0) is 15.2. The third kappa shape index (κ3) is 4.22. The topological polar surface area (TPSA) is 35.2 Å². The number of hydrogen-bond donors (Lipinski definition) is 1. The van der Waals surface area contributed by atoms with Crippen molar-refractivity contribution in [3.63, 3.8) is 0 Å². The van der Waals surface area contributed by atoms with Crippen molar-refractivity contribution in [3.05, 3.63) is 63.9 Å². The first kappa shape index (κ1) is 15.4. The van der Waals surface area contributed by atoms with E-state index in [2.05, 4.69) is 11.8 Å². The van der Waals surface area contributed by atoms with Crippen LogP contribution in [-0.2, 0) is 6.61 Å². The number of rotatable bonds is 3. The van der Waals surface area contributed by atoms with Crippen molar-refractivity contribution in [2.45, 2.75) is 13.5 Å². The average molecular weight is 304 g/mol. The lowest BCUT2D eigenvalue weighted by atomic mass is 10.1. The van der Waals surface area contributed by atoms with Crippen LogP contribution in [0.1, 0.15) is 16.7 Å². The van der Waals surface area contributed by atoms with E-state index < -0.39 is 5.82 Å². The highest BCUT2D eigenvalue weighted by atomic mass is 35.5. The lowest BCUT2D eigenvalue weighted by molar-refractivity contribution is 0.304. The fraction of sp³-hybridized carbons (Fsp3) is 0.176. The molecule has 0 aliphatic rings. The Labute approximate surface area is 128 Å². The maximum atomic E-state index is 13.4. The van der Waals surface area contributed by atoms with Gasteiger partial charge in [-0.05, 0) is 42.3 Å². The first-order chi connectivity index (χ1) is 10.1. The van der Waals surface area contributed by atoms with E-state index in [1.54, 1.807) is 6.07 Å². The van der Waals surface area contributed by atoms with Gasteiger partial charge in [0.05, 0.1) is 17.1 Å². The lowest BCUT2D eigenvalue weighted by Crippen LogP contribution is -1.99. The van der Waals surface area contributed by atoms with Crippen molar-refractivity contribution >= 4 is 11.6 Å². The zero-order valence-corrected chi connectivity index (χ0v) is 12.4. The predicted octanol–water partition coefficient (Wildman–Crippen LogP) is 3.68. The molecule has 0 fully saturated rings. The maximum absolute atomic E-state index is 13.4. The molecule has 0 unspecified atom stereocenters. The van der Waals surface area contributed by atoms with E-state index in [0.717, 1.165) is 11.1 Å². The summed E-state index contributed by atoms with van der Waals surface area (Å²) < 4.78 is 19.1. The number of halogens is 2. The van der Waals surface area contributed by atoms with Crippen LogP contribution in [0.5, 0.6) is 5.75 Å². The van der Waals surface area contributed by atoms with E-state index in [1.807, 2.05) is 25.1 Å². The first-order valence-corrected chi connectivity index (χ1v) is 6.84. The van der Waals surface area contributed by atoms with E-state index in [4.69, 9.17) is 22.1 Å². The summed E-state index contributed by atoms with van der Waals surface area (Å²) in [5.74, 6) is 5.98. The highest BCUT2D eigenvalue weighted by molar-refractivity contribution is 6.30. The van der Waals surface area contributed by atoms with Crippen molar-refractivity contribution in [2.75, 3.05) is 6.54 Å². The van der Waals surface area contributed by atoms with Gasteiger partial charge in [0, 0.05) is 0 Å². The molecule has 2 N–H and O–H groups in total. The molecule has 0 spiro atoms. The summed E-state index contributed by atoms with van der Waals surface area (Å²) >= 11 is 5.65. The van der Waals surface area contributed by atoms with Gasteiger partial charge in [0.25, 0.3) is 0 Å². The highest BCUT2D eigenvalue weighted by Crippen LogP contribution is 2.21. The van der Waals surface area contributed by atoms with Crippen LogP contribution in [0.2, 0.25) is 5.02 Å². The van der Waals surface area contributed by atoms with Gasteiger partial charge in [-0.3, -0.25) is 0 Å². The van der Waals surface area contributed by atoms with Gasteiger partial charge in [0.2, 0.25) is 0 Å². The summed E-state index contributed by atoms with van der Waals surface area (Å²) in [5, 5.41) is 0.101. The molecular formula is C17H15ClFNO. The Hall–Kier alpha value is -2.02. The van der Waals surface area contributed by atoms with Gasteiger partial charge in [0.15, 0.2) is 0 Å². The molecule has 108 valence electrons. The maximum Gasteiger partial charge on any atom is 0.142 e. The largest absolute Gasteiger partial charge is 0.488 e. The van der Waals surface area contributed by atoms with Crippen LogP contribution >= 0.6 is 11.6 Å². The summed E-state index contributed by atoms with van der Waals surface area (Å²) in [4.78, 5) is 0. The second-order valence-electron chi connectivity index (χ2n) is 4.54. The van der Waals surface area contributed by atoms with Crippen LogP contribution in [0.3, 0.4) is 0 Å². The minimum Gasteiger partial charge on any atom is -0.488 e. The molecule has 0 radical (unpaired) electrons. The Balaban J connectivity index is 2.17. The normalized spacial score (nSPS) is 9.90. The first-order valence-electron chi connectivity index (χ1n) is 6.46. The third-order valence-corrected chi connectivity index (χ3v) is 3.15. The van der Waals surface area contributed by atoms with Gasteiger partial charge >= 0.3 is 0 Å². The summed E-state index contributed by atoms with van der Waals surface area (Å²) in [5.41, 5.74) is 7.95. The Morgan fingerprint density at radius 1 is 1.24 bits per heavy atom. The number of nitrogens with two attached hydrogens (primary N) is 1. The number of hydrogen-bond acceptors (Lipinski definition) is 2. The third-order valence-electron chi connectivity index (χ3n) is 2.84. The van der Waals surface area contributed by atoms with Crippen LogP contribution in [0, 0.1) is 24.6 Å². The smallest absolute Gasteiger partial charge is 0.142 e. The van der Waals surface area contributed by atoms with E-state index in [0.29, 0.717) is 11.3 Å². The van der Waals surface area contributed by atoms with Crippen molar-refractivity contribution in [1.29, 1.82) is 0 Å². The molecule has 0 aromatic heterocycles. The quantitative estimate of drug-likeness (QED) is 0.878. The minimum absolute atomic E-state index is 0.101. The lowest BCUT2D eigenvalue weighted by Gasteiger charge is -2.09. The molecule has 0 atom stereocenters. The summed E-state index contributed by atoms with van der Waals surface area (Å²) in [6.07, 6.45) is 0. The molecule has 2 rings (SSSR count). The fourth-order valence-corrected chi connectivity index (χ4v) is 1.92. The van der Waals surface area contributed by atoms with Gasteiger partial charge in [-0.25, -0.2) is 4.39 Å². The van der Waals surface area contributed by atoms with E-state index >= 15 is 0 Å². The van der Waals surface area contributed by atoms with Crippen LogP contribution in [-0.4, -0.2) is 6.54 Å². The Bertz CT molecular complexity index is 704. The Morgan fingerprint density at radius 3 is 2.76 bits per heavy atom. The van der Waals surface area contributed by atoms with Gasteiger partial charge in [0.1, 0.15) is 18.2 Å². The molecule has 0 heterocycles. The standard InChI is InChI=1S/C17H15ClFNO/c1-12-4-7-17(14(9-12)3-2-8-20)21-11-13-5-6-15(18)16(19)10-13/h4-7,9-10H,8,11,20H2,1H3. The van der Waals surface area contributed by atoms with Crippen LogP contribution in [0.4, 0.5) is 4.39 Å². The fourth-order valence-electron chi connectivity index (χ4n) is 1.80. The van der Waals surface area contributed by atoms with Crippen molar-refractivity contribution in [3.8, 4) is 17.6 Å². The summed E-state index contributed by atoms with van der Waals surface area (Å²) in [6.45, 7) is 2.51. The SMILES string of the molecule is Cc1ccc(OCc2ccc(Cl)c(F)c2)c(C#CCN)c1. The second kappa shape index (κ2) is 7.12. The monoisotopic (exact) mass is 303 g/mol. The molecule has 0 saturated carbocycles. The second-order valence-corrected chi connectivity index (χ2v) is 4.95. The molecule has 0 amide bonds. The van der Waals surface area contributed by atoms with Crippen LogP contribution in [0.25, 0.3) is 0 Å². The highest BCUT2D eigenvalue weighted by Gasteiger charge is 2.05. The molecule has 0 aliphatic heterocycles. The molecule has 21 heavy (non-hydrogen) atoms. The molecule has 2 aromatic rings. The molecule has 0 aliphatic carbocycles. The van der Waals surface area contributed by atoms with Crippen molar-refractivity contribution in [2.24, 2.45) is 5.73 Å². The minimum atomic E-state index is -0.454. The van der Waals surface area contributed by atoms with E-state index in [1.165, 1.54) is 12.1 Å². The van der Waals surface area contributed by atoms with Crippen LogP contribution < -0.4 is 10.5 Å². The molecule has 0 bridgehead atoms. The molecular weight excluding hydrogens is 289 g/mol. The van der Waals surface area contributed by atoms with E-state index in [-0.39, 0.29) is 18.2 Å². The number of ether oxygens (including phenoxy) is 1. The van der Waals surface area contributed by atoms with E-state index in [9.17, 15) is 4.39 Å². The van der Waals surface area contributed by atoms with Crippen LogP contribution in [0.15, 0.2) is 36.4 Å². The summed E-state index contributed by atoms with van der Waals surface area (Å²) in [6, 6.07) is 10.3. The van der Waals surface area contributed by atoms with Gasteiger partial charge in [-0.1, -0.05) is 35.6 Å². The Morgan fingerprint density at radius 2 is 2.05 bits per heavy atom. The van der Waals surface area contributed by atoms with Gasteiger partial charge in [-0.2, -0.15) is 0 Å². The van der Waals surface area contributed by atoms with Gasteiger partial charge < -0.3 is 10.5 Å². The Kier molecular flexibility index (Phi) is 5.21. The molecule has 4 heteroatoms. The van der Waals surface area contributed by atoms with Gasteiger partial charge in [-0.15, -0.1) is 0 Å². The van der Waals surface area contributed by atoms with Crippen molar-refractivity contribution < 1.29 is 9.13 Å². The van der Waals surface area contributed by atoms with Crippen molar-refractivity contribution in [1.82, 2.24) is 0 Å². The zero-order valence-electron chi connectivity index (χ0n) is 11.6. The average Bonchev–Trinajstić information content (AvgIpc) is 2.47. The summed E-state index contributed by atoms with van der Waals surface area (Å²) in [7, 11) is 0. The molecule has 2 nitrogen and oxygen atoms in total. The molecule has 2 aromatic carbocycles. The number of benzene rings is 2. The molecule has 0 saturated heterocycles. The predicted molar refractivity (Wildman–Crippen MR) is 82.9 cm³/mol. The number of aryl methyl sites for hydroxylation is 1.